The van der Waals surface area contributed by atoms with E-state index in [-0.39, 0.29) is 11.5 Å². The van der Waals surface area contributed by atoms with Crippen LogP contribution in [0.25, 0.3) is 0 Å². The number of rotatable bonds is 1. The average Bonchev–Trinajstić information content (AvgIpc) is 2.54. The highest BCUT2D eigenvalue weighted by Crippen LogP contribution is 2.57. The Labute approximate surface area is 86.7 Å². The summed E-state index contributed by atoms with van der Waals surface area (Å²) in [5.41, 5.74) is 7.29. The lowest BCUT2D eigenvalue weighted by Gasteiger charge is -2.03. The number of hydrogen-bond donors (Lipinski definition) is 1. The lowest BCUT2D eigenvalue weighted by atomic mass is 10.1. The predicted octanol–water partition coefficient (Wildman–Crippen LogP) is 2.29. The summed E-state index contributed by atoms with van der Waals surface area (Å²) in [6.07, 6.45) is 1.82. The Morgan fingerprint density at radius 1 is 1.54 bits per heavy atom. The molecule has 3 heteroatoms. The van der Waals surface area contributed by atoms with Gasteiger partial charge in [0.15, 0.2) is 0 Å². The molecule has 0 spiro atoms. The molecule has 0 aliphatic heterocycles. The quantitative estimate of drug-likeness (QED) is 0.819. The molecule has 2 nitrogen and oxygen atoms in total. The van der Waals surface area contributed by atoms with Gasteiger partial charge in [0.2, 0.25) is 0 Å². The highest BCUT2D eigenvalue weighted by atomic mass is 79.9. The first-order chi connectivity index (χ1) is 6.05. The van der Waals surface area contributed by atoms with Gasteiger partial charge in [-0.3, -0.25) is 4.98 Å². The maximum absolute atomic E-state index is 5.98. The van der Waals surface area contributed by atoms with Crippen LogP contribution in [0, 0.1) is 5.41 Å². The first-order valence-electron chi connectivity index (χ1n) is 4.41. The Morgan fingerprint density at radius 2 is 2.15 bits per heavy atom. The highest BCUT2D eigenvalue weighted by Gasteiger charge is 2.57. The van der Waals surface area contributed by atoms with Crippen molar-refractivity contribution >= 4 is 15.9 Å². The fourth-order valence-corrected chi connectivity index (χ4v) is 2.33. The van der Waals surface area contributed by atoms with Crippen molar-refractivity contribution in [3.63, 3.8) is 0 Å². The molecule has 1 heterocycles. The molecule has 1 aromatic heterocycles. The zero-order valence-electron chi connectivity index (χ0n) is 7.79. The summed E-state index contributed by atoms with van der Waals surface area (Å²) in [6, 6.07) is 4.19. The fourth-order valence-electron chi connectivity index (χ4n) is 1.83. The van der Waals surface area contributed by atoms with Gasteiger partial charge in [0.05, 0.1) is 5.69 Å². The van der Waals surface area contributed by atoms with Crippen molar-refractivity contribution < 1.29 is 0 Å². The van der Waals surface area contributed by atoms with E-state index in [1.54, 1.807) is 0 Å². The van der Waals surface area contributed by atoms with E-state index in [0.717, 1.165) is 10.2 Å². The molecule has 0 amide bonds. The average molecular weight is 241 g/mol. The molecule has 13 heavy (non-hydrogen) atoms. The molecule has 0 saturated heterocycles. The van der Waals surface area contributed by atoms with Crippen molar-refractivity contribution in [1.82, 2.24) is 4.98 Å². The molecule has 0 radical (unpaired) electrons. The summed E-state index contributed by atoms with van der Waals surface area (Å²) >= 11 is 3.50. The van der Waals surface area contributed by atoms with Crippen LogP contribution in [0.1, 0.15) is 25.5 Å². The second kappa shape index (κ2) is 2.79. The maximum atomic E-state index is 5.98. The molecule has 2 rings (SSSR count). The number of halogens is 1. The van der Waals surface area contributed by atoms with Gasteiger partial charge in [0.25, 0.3) is 0 Å². The minimum atomic E-state index is 0.205. The second-order valence-corrected chi connectivity index (χ2v) is 5.05. The van der Waals surface area contributed by atoms with Gasteiger partial charge in [0, 0.05) is 22.6 Å². The number of nitrogens with zero attached hydrogens (tertiary/aromatic N) is 1. The Balaban J connectivity index is 2.34. The molecule has 0 bridgehead atoms. The molecular weight excluding hydrogens is 228 g/mol. The first-order valence-corrected chi connectivity index (χ1v) is 5.20. The van der Waals surface area contributed by atoms with Crippen molar-refractivity contribution in [3.05, 3.63) is 28.5 Å². The maximum Gasteiger partial charge on any atom is 0.0597 e. The van der Waals surface area contributed by atoms with Crippen molar-refractivity contribution in [3.8, 4) is 0 Å². The van der Waals surface area contributed by atoms with E-state index < -0.39 is 0 Å². The number of aromatic nitrogens is 1. The molecule has 70 valence electrons. The Morgan fingerprint density at radius 3 is 2.62 bits per heavy atom. The molecule has 0 aromatic carbocycles. The molecule has 1 aliphatic carbocycles. The number of pyridine rings is 1. The summed E-state index contributed by atoms with van der Waals surface area (Å²) in [6.45, 7) is 4.37. The molecule has 0 unspecified atom stereocenters. The normalized spacial score (nSPS) is 30.2. The zero-order chi connectivity index (χ0) is 9.64. The summed E-state index contributed by atoms with van der Waals surface area (Å²) < 4.78 is 1.07. The third-order valence-electron chi connectivity index (χ3n) is 2.99. The largest absolute Gasteiger partial charge is 0.327 e. The van der Waals surface area contributed by atoms with Crippen LogP contribution in [0.5, 0.6) is 0 Å². The van der Waals surface area contributed by atoms with Gasteiger partial charge in [0.1, 0.15) is 0 Å². The van der Waals surface area contributed by atoms with Gasteiger partial charge in [-0.1, -0.05) is 13.8 Å². The second-order valence-electron chi connectivity index (χ2n) is 4.20. The molecule has 1 fully saturated rings. The van der Waals surface area contributed by atoms with Crippen molar-refractivity contribution in [2.45, 2.75) is 25.8 Å². The third-order valence-corrected chi connectivity index (χ3v) is 3.66. The van der Waals surface area contributed by atoms with Gasteiger partial charge in [-0.25, -0.2) is 0 Å². The molecule has 2 N–H and O–H groups in total. The molecule has 1 aromatic rings. The predicted molar refractivity (Wildman–Crippen MR) is 56.4 cm³/mol. The fraction of sp³-hybridized carbons (Fsp3) is 0.500. The summed E-state index contributed by atoms with van der Waals surface area (Å²) in [7, 11) is 0. The minimum absolute atomic E-state index is 0.205. The number of nitrogens with two attached hydrogens (primary N) is 1. The van der Waals surface area contributed by atoms with Crippen molar-refractivity contribution in [2.24, 2.45) is 11.1 Å². The van der Waals surface area contributed by atoms with Gasteiger partial charge in [-0.2, -0.15) is 0 Å². The van der Waals surface area contributed by atoms with E-state index in [1.807, 2.05) is 18.3 Å². The van der Waals surface area contributed by atoms with E-state index in [1.165, 1.54) is 0 Å². The minimum Gasteiger partial charge on any atom is -0.327 e. The Bertz CT molecular complexity index is 335. The van der Waals surface area contributed by atoms with E-state index in [9.17, 15) is 0 Å². The van der Waals surface area contributed by atoms with E-state index in [4.69, 9.17) is 5.73 Å². The van der Waals surface area contributed by atoms with Crippen LogP contribution in [0.2, 0.25) is 0 Å². The Kier molecular flexibility index (Phi) is 1.96. The monoisotopic (exact) mass is 240 g/mol. The van der Waals surface area contributed by atoms with Crippen LogP contribution < -0.4 is 5.73 Å². The molecule has 1 aliphatic rings. The van der Waals surface area contributed by atoms with Crippen LogP contribution >= 0.6 is 15.9 Å². The van der Waals surface area contributed by atoms with Crippen LogP contribution in [0.4, 0.5) is 0 Å². The van der Waals surface area contributed by atoms with E-state index in [0.29, 0.717) is 5.92 Å². The van der Waals surface area contributed by atoms with Gasteiger partial charge >= 0.3 is 0 Å². The summed E-state index contributed by atoms with van der Waals surface area (Å²) in [5, 5.41) is 0. The third kappa shape index (κ3) is 1.30. The van der Waals surface area contributed by atoms with Crippen LogP contribution in [0.3, 0.4) is 0 Å². The van der Waals surface area contributed by atoms with Gasteiger partial charge in [-0.05, 0) is 33.5 Å². The van der Waals surface area contributed by atoms with Gasteiger partial charge in [-0.15, -0.1) is 0 Å². The topological polar surface area (TPSA) is 38.9 Å². The molecular formula is C10H13BrN2. The molecule has 2 atom stereocenters. The van der Waals surface area contributed by atoms with Gasteiger partial charge < -0.3 is 5.73 Å². The van der Waals surface area contributed by atoms with Crippen LogP contribution in [-0.4, -0.2) is 11.0 Å². The Hall–Kier alpha value is -0.410. The lowest BCUT2D eigenvalue weighted by molar-refractivity contribution is 0.595. The SMILES string of the molecule is CC1(C)[C@H](N)[C@H]1c1ncccc1Br. The van der Waals surface area contributed by atoms with E-state index in [2.05, 4.69) is 34.8 Å². The smallest absolute Gasteiger partial charge is 0.0597 e. The standard InChI is InChI=1S/C10H13BrN2/c1-10(2)7(9(10)12)8-6(11)4-3-5-13-8/h3-5,7,9H,12H2,1-2H3/t7-,9-/m1/s1. The lowest BCUT2D eigenvalue weighted by Crippen LogP contribution is -2.06. The first kappa shape index (κ1) is 9.16. The summed E-state index contributed by atoms with van der Waals surface area (Å²) in [4.78, 5) is 4.36. The van der Waals surface area contributed by atoms with Crippen LogP contribution in [-0.2, 0) is 0 Å². The number of hydrogen-bond acceptors (Lipinski definition) is 2. The molecule has 1 saturated carbocycles. The van der Waals surface area contributed by atoms with Crippen molar-refractivity contribution in [1.29, 1.82) is 0 Å². The van der Waals surface area contributed by atoms with Crippen LogP contribution in [0.15, 0.2) is 22.8 Å². The van der Waals surface area contributed by atoms with E-state index >= 15 is 0 Å². The zero-order valence-corrected chi connectivity index (χ0v) is 9.38. The highest BCUT2D eigenvalue weighted by molar-refractivity contribution is 9.10. The van der Waals surface area contributed by atoms with Crippen molar-refractivity contribution in [2.75, 3.05) is 0 Å². The summed E-state index contributed by atoms with van der Waals surface area (Å²) in [5.74, 6) is 0.406.